The van der Waals surface area contributed by atoms with Crippen molar-refractivity contribution >= 4 is 28.4 Å². The molecule has 3 rings (SSSR count). The molecule has 1 aromatic heterocycles. The molecule has 0 amide bonds. The standard InChI is InChI=1S/C23H31N6O4/c1-5-11-24-20-12-21-23(25-15-27(21)17(2)3)22(13-20)28(14-19-9-7-6-8-10-19)29(31)26-33-16-32-18(4)30/h6-10,12-13,15,17,24H,5,11,14,16H2,1-4H3,(H,26,31)/q+1. The number of ether oxygens (including phenoxy) is 1. The number of carbonyl (C=O) groups is 1. The minimum atomic E-state index is -0.508. The molecule has 0 spiro atoms. The molecule has 3 aromatic rings. The van der Waals surface area contributed by atoms with Gasteiger partial charge >= 0.3 is 5.97 Å². The van der Waals surface area contributed by atoms with Crippen molar-refractivity contribution in [1.82, 2.24) is 9.55 Å². The van der Waals surface area contributed by atoms with Crippen LogP contribution in [0.2, 0.25) is 0 Å². The molecule has 0 saturated heterocycles. The molecule has 0 atom stereocenters. The molecule has 0 unspecified atom stereocenters. The zero-order valence-electron chi connectivity index (χ0n) is 19.4. The first-order chi connectivity index (χ1) is 15.9. The molecular weight excluding hydrogens is 424 g/mol. The van der Waals surface area contributed by atoms with Crippen molar-refractivity contribution in [2.75, 3.05) is 23.7 Å². The Hall–Kier alpha value is -3.82. The van der Waals surface area contributed by atoms with Crippen LogP contribution in [0.5, 0.6) is 0 Å². The van der Waals surface area contributed by atoms with Gasteiger partial charge in [0.05, 0.1) is 11.8 Å². The van der Waals surface area contributed by atoms with Crippen LogP contribution in [0.4, 0.5) is 11.4 Å². The van der Waals surface area contributed by atoms with E-state index < -0.39 is 12.8 Å². The van der Waals surface area contributed by atoms with Gasteiger partial charge in [0, 0.05) is 25.2 Å². The normalized spacial score (nSPS) is 11.6. The van der Waals surface area contributed by atoms with Crippen LogP contribution < -0.4 is 10.3 Å². The SMILES string of the molecule is CCCNc1cc(N(Cc2ccccc2)/[N+](O)=N/OCOC(C)=O)c2ncn(C(C)C)c2c1. The van der Waals surface area contributed by atoms with Gasteiger partial charge in [0.1, 0.15) is 17.7 Å². The van der Waals surface area contributed by atoms with Crippen LogP contribution in [-0.4, -0.2) is 39.0 Å². The average Bonchev–Trinajstić information content (AvgIpc) is 3.23. The molecule has 0 saturated carbocycles. The Morgan fingerprint density at radius 3 is 2.73 bits per heavy atom. The number of hydrogen-bond acceptors (Lipinski definition) is 6. The Kier molecular flexibility index (Phi) is 8.06. The lowest BCUT2D eigenvalue weighted by molar-refractivity contribution is -0.846. The van der Waals surface area contributed by atoms with E-state index in [9.17, 15) is 10.0 Å². The number of fused-ring (bicyclic) bond motifs is 1. The Morgan fingerprint density at radius 1 is 1.30 bits per heavy atom. The molecular formula is C23H31N6O4+. The predicted octanol–water partition coefficient (Wildman–Crippen LogP) is 4.67. The Bertz CT molecular complexity index is 1100. The summed E-state index contributed by atoms with van der Waals surface area (Å²) in [4.78, 5) is 21.2. The largest absolute Gasteiger partial charge is 0.426 e. The zero-order chi connectivity index (χ0) is 23.8. The van der Waals surface area contributed by atoms with Crippen molar-refractivity contribution < 1.29 is 24.5 Å². The number of esters is 1. The van der Waals surface area contributed by atoms with Crippen LogP contribution in [-0.2, 0) is 20.9 Å². The number of imidazole rings is 1. The maximum Gasteiger partial charge on any atom is 0.305 e. The van der Waals surface area contributed by atoms with Gasteiger partial charge in [-0.1, -0.05) is 42.3 Å². The van der Waals surface area contributed by atoms with Crippen molar-refractivity contribution in [3.63, 3.8) is 0 Å². The van der Waals surface area contributed by atoms with Crippen molar-refractivity contribution in [3.8, 4) is 0 Å². The fourth-order valence-corrected chi connectivity index (χ4v) is 3.32. The molecule has 0 aliphatic heterocycles. The summed E-state index contributed by atoms with van der Waals surface area (Å²) in [7, 11) is 0. The molecule has 33 heavy (non-hydrogen) atoms. The molecule has 0 bridgehead atoms. The van der Waals surface area contributed by atoms with Crippen LogP contribution in [0, 0.1) is 0 Å². The molecule has 0 fully saturated rings. The van der Waals surface area contributed by atoms with Gasteiger partial charge in [-0.15, -0.1) is 0 Å². The van der Waals surface area contributed by atoms with Crippen LogP contribution in [0.3, 0.4) is 0 Å². The van der Waals surface area contributed by atoms with E-state index >= 15 is 0 Å². The van der Waals surface area contributed by atoms with Gasteiger partial charge in [-0.3, -0.25) is 9.63 Å². The first-order valence-electron chi connectivity index (χ1n) is 10.9. The van der Waals surface area contributed by atoms with E-state index in [4.69, 9.17) is 9.57 Å². The van der Waals surface area contributed by atoms with Crippen LogP contribution in [0.15, 0.2) is 54.1 Å². The van der Waals surface area contributed by atoms with Crippen LogP contribution in [0.25, 0.3) is 11.0 Å². The molecule has 2 aromatic carbocycles. The fourth-order valence-electron chi connectivity index (χ4n) is 3.32. The molecule has 0 radical (unpaired) electrons. The number of aromatic nitrogens is 2. The molecule has 10 heteroatoms. The highest BCUT2D eigenvalue weighted by Gasteiger charge is 2.27. The number of hydrazine groups is 1. The Balaban J connectivity index is 2.07. The number of rotatable bonds is 11. The monoisotopic (exact) mass is 455 g/mol. The predicted molar refractivity (Wildman–Crippen MR) is 124 cm³/mol. The first-order valence-corrected chi connectivity index (χ1v) is 10.9. The van der Waals surface area contributed by atoms with Gasteiger partial charge in [0.25, 0.3) is 17.0 Å². The molecule has 0 aliphatic rings. The van der Waals surface area contributed by atoms with Crippen molar-refractivity contribution in [1.29, 1.82) is 0 Å². The van der Waals surface area contributed by atoms with E-state index in [2.05, 4.69) is 47.0 Å². The maximum atomic E-state index is 11.0. The quantitative estimate of drug-likeness (QED) is 0.108. The summed E-state index contributed by atoms with van der Waals surface area (Å²) in [5, 5.41) is 19.5. The summed E-state index contributed by atoms with van der Waals surface area (Å²) in [6.45, 7) is 8.22. The molecule has 2 N–H and O–H groups in total. The van der Waals surface area contributed by atoms with Gasteiger partial charge in [0.2, 0.25) is 0 Å². The second-order valence-corrected chi connectivity index (χ2v) is 7.81. The van der Waals surface area contributed by atoms with Gasteiger partial charge in [-0.2, -0.15) is 0 Å². The highest BCUT2D eigenvalue weighted by atomic mass is 16.8. The van der Waals surface area contributed by atoms with E-state index in [1.54, 1.807) is 11.3 Å². The van der Waals surface area contributed by atoms with E-state index in [1.165, 1.54) is 6.92 Å². The van der Waals surface area contributed by atoms with Gasteiger partial charge in [-0.25, -0.2) is 10.2 Å². The summed E-state index contributed by atoms with van der Waals surface area (Å²) in [6, 6.07) is 13.8. The van der Waals surface area contributed by atoms with E-state index in [1.807, 2.05) is 36.4 Å². The summed E-state index contributed by atoms with van der Waals surface area (Å²) in [5.41, 5.74) is 4.10. The highest BCUT2D eigenvalue weighted by molar-refractivity contribution is 5.92. The second-order valence-electron chi connectivity index (χ2n) is 7.81. The fraction of sp³-hybridized carbons (Fsp3) is 0.391. The van der Waals surface area contributed by atoms with Crippen molar-refractivity contribution in [2.24, 2.45) is 5.28 Å². The zero-order valence-corrected chi connectivity index (χ0v) is 19.4. The number of benzene rings is 2. The lowest BCUT2D eigenvalue weighted by atomic mass is 10.2. The van der Waals surface area contributed by atoms with E-state index in [0.717, 1.165) is 29.7 Å². The minimum Gasteiger partial charge on any atom is -0.426 e. The second kappa shape index (κ2) is 11.2. The molecule has 10 nitrogen and oxygen atoms in total. The van der Waals surface area contributed by atoms with Gasteiger partial charge in [0.15, 0.2) is 0 Å². The first kappa shape index (κ1) is 23.8. The van der Waals surface area contributed by atoms with E-state index in [-0.39, 0.29) is 6.04 Å². The number of nitrogens with zero attached hydrogens (tertiary/aromatic N) is 5. The number of hydrogen-bond donors (Lipinski definition) is 2. The highest BCUT2D eigenvalue weighted by Crippen LogP contribution is 2.32. The van der Waals surface area contributed by atoms with Crippen molar-refractivity contribution in [2.45, 2.75) is 46.7 Å². The molecule has 0 aliphatic carbocycles. The molecule has 176 valence electrons. The summed E-state index contributed by atoms with van der Waals surface area (Å²) in [6.07, 6.45) is 2.76. The third-order valence-corrected chi connectivity index (χ3v) is 4.91. The van der Waals surface area contributed by atoms with Gasteiger partial charge < -0.3 is 14.6 Å². The summed E-state index contributed by atoms with van der Waals surface area (Å²) in [5.74, 6) is -0.508. The third kappa shape index (κ3) is 6.12. The topological polar surface area (TPSA) is 104 Å². The third-order valence-electron chi connectivity index (χ3n) is 4.91. The Morgan fingerprint density at radius 2 is 2.06 bits per heavy atom. The number of carbonyl (C=O) groups excluding carboxylic acids is 1. The number of nitrogens with one attached hydrogen (secondary N) is 1. The number of anilines is 2. The summed E-state index contributed by atoms with van der Waals surface area (Å²) < 4.78 is 6.80. The Labute approximate surface area is 192 Å². The van der Waals surface area contributed by atoms with Crippen LogP contribution >= 0.6 is 0 Å². The van der Waals surface area contributed by atoms with Crippen molar-refractivity contribution in [3.05, 3.63) is 54.4 Å². The maximum absolute atomic E-state index is 11.0. The molecule has 1 heterocycles. The lowest BCUT2D eigenvalue weighted by Gasteiger charge is -2.17. The minimum absolute atomic E-state index is 0.203. The lowest BCUT2D eigenvalue weighted by Crippen LogP contribution is -2.32. The van der Waals surface area contributed by atoms with Crippen LogP contribution in [0.1, 0.15) is 45.7 Å². The summed E-state index contributed by atoms with van der Waals surface area (Å²) >= 11 is 0. The average molecular weight is 456 g/mol. The van der Waals surface area contributed by atoms with E-state index in [0.29, 0.717) is 22.7 Å². The smallest absolute Gasteiger partial charge is 0.305 e. The van der Waals surface area contributed by atoms with Gasteiger partial charge in [-0.05, 0) is 38.0 Å².